The van der Waals surface area contributed by atoms with E-state index < -0.39 is 5.97 Å². The predicted octanol–water partition coefficient (Wildman–Crippen LogP) is 3.75. The molecule has 3 aromatic rings. The Morgan fingerprint density at radius 3 is 2.23 bits per heavy atom. The average Bonchev–Trinajstić information content (AvgIpc) is 2.67. The molecule has 1 amide bonds. The summed E-state index contributed by atoms with van der Waals surface area (Å²) in [5.41, 5.74) is 1.55. The van der Waals surface area contributed by atoms with E-state index in [2.05, 4.69) is 15.4 Å². The Hall–Kier alpha value is -3.25. The van der Waals surface area contributed by atoms with Crippen LogP contribution in [0, 0.1) is 0 Å². The largest absolute Gasteiger partial charge is 0.465 e. The number of anilines is 1. The number of amides is 1. The van der Waals surface area contributed by atoms with E-state index in [1.807, 2.05) is 42.5 Å². The van der Waals surface area contributed by atoms with Crippen molar-refractivity contribution in [3.63, 3.8) is 0 Å². The summed E-state index contributed by atoms with van der Waals surface area (Å²) in [5, 5.41) is 8.01. The van der Waals surface area contributed by atoms with E-state index in [0.717, 1.165) is 16.5 Å². The Bertz CT molecular complexity index is 984. The summed E-state index contributed by atoms with van der Waals surface area (Å²) in [5.74, 6) is -0.815. The van der Waals surface area contributed by atoms with Crippen LogP contribution < -0.4 is 10.6 Å². The Balaban J connectivity index is 1.65. The second-order valence-corrected chi connectivity index (χ2v) is 5.95. The highest BCUT2D eigenvalue weighted by Gasteiger charge is 2.10. The number of fused-ring (bicyclic) bond motifs is 1. The van der Waals surface area contributed by atoms with Crippen LogP contribution in [-0.2, 0) is 4.74 Å². The van der Waals surface area contributed by atoms with Gasteiger partial charge in [-0.3, -0.25) is 10.1 Å². The Morgan fingerprint density at radius 1 is 0.885 bits per heavy atom. The highest BCUT2D eigenvalue weighted by Crippen LogP contribution is 2.18. The number of rotatable bonds is 3. The normalized spacial score (nSPS) is 10.2. The molecule has 0 aliphatic carbocycles. The van der Waals surface area contributed by atoms with Gasteiger partial charge < -0.3 is 10.1 Å². The van der Waals surface area contributed by atoms with Crippen LogP contribution >= 0.6 is 12.2 Å². The van der Waals surface area contributed by atoms with Crippen LogP contribution in [0.1, 0.15) is 20.7 Å². The monoisotopic (exact) mass is 364 g/mol. The maximum absolute atomic E-state index is 12.3. The molecule has 0 aliphatic heterocycles. The summed E-state index contributed by atoms with van der Waals surface area (Å²) in [6, 6.07) is 19.9. The molecule has 5 nitrogen and oxygen atoms in total. The second-order valence-electron chi connectivity index (χ2n) is 5.54. The van der Waals surface area contributed by atoms with Gasteiger partial charge >= 0.3 is 5.97 Å². The molecule has 0 aromatic heterocycles. The first kappa shape index (κ1) is 17.6. The third-order valence-corrected chi connectivity index (χ3v) is 4.01. The number of thiocarbonyl (C=S) groups is 1. The first-order chi connectivity index (χ1) is 12.6. The molecule has 6 heteroatoms. The molecule has 26 heavy (non-hydrogen) atoms. The first-order valence-corrected chi connectivity index (χ1v) is 8.27. The van der Waals surface area contributed by atoms with Crippen molar-refractivity contribution >= 4 is 45.7 Å². The van der Waals surface area contributed by atoms with Crippen LogP contribution in [0.4, 0.5) is 5.69 Å². The number of hydrogen-bond donors (Lipinski definition) is 2. The van der Waals surface area contributed by atoms with Crippen molar-refractivity contribution < 1.29 is 14.3 Å². The van der Waals surface area contributed by atoms with Crippen molar-refractivity contribution in [3.8, 4) is 0 Å². The molecular formula is C20H16N2O3S. The Kier molecular flexibility index (Phi) is 5.24. The molecule has 0 aliphatic rings. The van der Waals surface area contributed by atoms with Gasteiger partial charge in [-0.25, -0.2) is 4.79 Å². The number of methoxy groups -OCH3 is 1. The van der Waals surface area contributed by atoms with Crippen molar-refractivity contribution in [3.05, 3.63) is 77.9 Å². The minimum absolute atomic E-state index is 0.197. The van der Waals surface area contributed by atoms with E-state index >= 15 is 0 Å². The SMILES string of the molecule is COC(=O)c1ccc(C(=O)NC(=S)Nc2ccc3ccccc3c2)cc1. The summed E-state index contributed by atoms with van der Waals surface area (Å²) in [6.07, 6.45) is 0. The van der Waals surface area contributed by atoms with E-state index in [0.29, 0.717) is 11.1 Å². The lowest BCUT2D eigenvalue weighted by atomic mass is 10.1. The molecular weight excluding hydrogens is 348 g/mol. The van der Waals surface area contributed by atoms with Crippen LogP contribution in [-0.4, -0.2) is 24.1 Å². The number of carbonyl (C=O) groups is 2. The molecule has 0 atom stereocenters. The third-order valence-electron chi connectivity index (χ3n) is 3.80. The molecule has 0 fully saturated rings. The topological polar surface area (TPSA) is 67.4 Å². The van der Waals surface area contributed by atoms with E-state index in [9.17, 15) is 9.59 Å². The minimum atomic E-state index is -0.453. The molecule has 3 rings (SSSR count). The van der Waals surface area contributed by atoms with Crippen LogP contribution in [0.2, 0.25) is 0 Å². The molecule has 0 heterocycles. The van der Waals surface area contributed by atoms with Gasteiger partial charge in [0.2, 0.25) is 0 Å². The molecule has 0 saturated carbocycles. The Labute approximate surface area is 156 Å². The van der Waals surface area contributed by atoms with E-state index in [1.54, 1.807) is 12.1 Å². The lowest BCUT2D eigenvalue weighted by Gasteiger charge is -2.10. The average molecular weight is 364 g/mol. The van der Waals surface area contributed by atoms with Crippen molar-refractivity contribution in [1.82, 2.24) is 5.32 Å². The zero-order valence-corrected chi connectivity index (χ0v) is 14.8. The van der Waals surface area contributed by atoms with Gasteiger partial charge in [0, 0.05) is 11.3 Å². The van der Waals surface area contributed by atoms with Gasteiger partial charge in [0.05, 0.1) is 12.7 Å². The fourth-order valence-corrected chi connectivity index (χ4v) is 2.69. The number of esters is 1. The zero-order chi connectivity index (χ0) is 18.5. The number of nitrogens with one attached hydrogen (secondary N) is 2. The van der Waals surface area contributed by atoms with Crippen LogP contribution in [0.5, 0.6) is 0 Å². The smallest absolute Gasteiger partial charge is 0.337 e. The van der Waals surface area contributed by atoms with E-state index in [-0.39, 0.29) is 11.0 Å². The molecule has 0 bridgehead atoms. The quantitative estimate of drug-likeness (QED) is 0.547. The minimum Gasteiger partial charge on any atom is -0.465 e. The summed E-state index contributed by atoms with van der Waals surface area (Å²) < 4.78 is 4.63. The first-order valence-electron chi connectivity index (χ1n) is 7.86. The maximum atomic E-state index is 12.3. The van der Waals surface area contributed by atoms with Gasteiger partial charge in [0.15, 0.2) is 5.11 Å². The third kappa shape index (κ3) is 4.04. The van der Waals surface area contributed by atoms with E-state index in [4.69, 9.17) is 12.2 Å². The molecule has 3 aromatic carbocycles. The summed E-state index contributed by atoms with van der Waals surface area (Å²) in [6.45, 7) is 0. The van der Waals surface area contributed by atoms with Gasteiger partial charge in [-0.05, 0) is 59.4 Å². The second kappa shape index (κ2) is 7.76. The van der Waals surface area contributed by atoms with E-state index in [1.165, 1.54) is 19.2 Å². The molecule has 0 saturated heterocycles. The van der Waals surface area contributed by atoms with Gasteiger partial charge in [0.1, 0.15) is 0 Å². The highest BCUT2D eigenvalue weighted by molar-refractivity contribution is 7.80. The van der Waals surface area contributed by atoms with Crippen molar-refractivity contribution in [2.24, 2.45) is 0 Å². The highest BCUT2D eigenvalue weighted by atomic mass is 32.1. The Morgan fingerprint density at radius 2 is 1.54 bits per heavy atom. The number of carbonyl (C=O) groups excluding carboxylic acids is 2. The number of hydrogen-bond acceptors (Lipinski definition) is 4. The molecule has 0 radical (unpaired) electrons. The summed E-state index contributed by atoms with van der Waals surface area (Å²) in [7, 11) is 1.31. The van der Waals surface area contributed by atoms with Crippen LogP contribution in [0.3, 0.4) is 0 Å². The van der Waals surface area contributed by atoms with Gasteiger partial charge in [-0.15, -0.1) is 0 Å². The van der Waals surface area contributed by atoms with Crippen LogP contribution in [0.15, 0.2) is 66.7 Å². The zero-order valence-electron chi connectivity index (χ0n) is 14.0. The molecule has 130 valence electrons. The lowest BCUT2D eigenvalue weighted by molar-refractivity contribution is 0.0600. The van der Waals surface area contributed by atoms with Gasteiger partial charge in [-0.2, -0.15) is 0 Å². The maximum Gasteiger partial charge on any atom is 0.337 e. The molecule has 2 N–H and O–H groups in total. The fraction of sp³-hybridized carbons (Fsp3) is 0.0500. The van der Waals surface area contributed by atoms with Crippen molar-refractivity contribution in [2.45, 2.75) is 0 Å². The molecule has 0 unspecified atom stereocenters. The van der Waals surface area contributed by atoms with Crippen molar-refractivity contribution in [1.29, 1.82) is 0 Å². The summed E-state index contributed by atoms with van der Waals surface area (Å²) in [4.78, 5) is 23.7. The molecule has 0 spiro atoms. The van der Waals surface area contributed by atoms with Gasteiger partial charge in [0.25, 0.3) is 5.91 Å². The standard InChI is InChI=1S/C20H16N2O3S/c1-25-19(24)15-8-6-14(7-9-15)18(23)22-20(26)21-17-11-10-13-4-2-3-5-16(13)12-17/h2-12H,1H3,(H2,21,22,23,26). The van der Waals surface area contributed by atoms with Crippen LogP contribution in [0.25, 0.3) is 10.8 Å². The number of benzene rings is 3. The predicted molar refractivity (Wildman–Crippen MR) is 105 cm³/mol. The van der Waals surface area contributed by atoms with Gasteiger partial charge in [-0.1, -0.05) is 30.3 Å². The summed E-state index contributed by atoms with van der Waals surface area (Å²) >= 11 is 5.20. The van der Waals surface area contributed by atoms with Crippen molar-refractivity contribution in [2.75, 3.05) is 12.4 Å². The lowest BCUT2D eigenvalue weighted by Crippen LogP contribution is -2.34. The number of ether oxygens (including phenoxy) is 1. The fourth-order valence-electron chi connectivity index (χ4n) is 2.48.